The second-order valence-corrected chi connectivity index (χ2v) is 6.87. The van der Waals surface area contributed by atoms with Crippen LogP contribution in [0.5, 0.6) is 5.75 Å². The molecule has 0 unspecified atom stereocenters. The Kier molecular flexibility index (Phi) is 4.82. The van der Waals surface area contributed by atoms with Crippen LogP contribution in [0.2, 0.25) is 0 Å². The molecule has 6 nitrogen and oxygen atoms in total. The van der Waals surface area contributed by atoms with Crippen LogP contribution in [0.25, 0.3) is 6.08 Å². The van der Waals surface area contributed by atoms with Crippen molar-refractivity contribution in [2.45, 2.75) is 13.8 Å². The third-order valence-electron chi connectivity index (χ3n) is 2.92. The number of amides is 1. The van der Waals surface area contributed by atoms with Crippen molar-refractivity contribution < 1.29 is 14.8 Å². The molecule has 2 rings (SSSR count). The molecule has 0 aliphatic carbocycles. The van der Waals surface area contributed by atoms with Gasteiger partial charge in [0, 0.05) is 12.6 Å². The molecule has 1 amide bonds. The first-order valence-electron chi connectivity index (χ1n) is 6.52. The van der Waals surface area contributed by atoms with Gasteiger partial charge in [0.2, 0.25) is 0 Å². The van der Waals surface area contributed by atoms with Gasteiger partial charge in [0.15, 0.2) is 5.75 Å². The van der Waals surface area contributed by atoms with Crippen LogP contribution in [0.15, 0.2) is 23.1 Å². The third-order valence-corrected chi connectivity index (χ3v) is 4.29. The van der Waals surface area contributed by atoms with Gasteiger partial charge in [-0.25, -0.2) is 0 Å². The molecular formula is C14H14N2O4S2. The number of nitro benzene ring substituents is 1. The van der Waals surface area contributed by atoms with Gasteiger partial charge in [-0.3, -0.25) is 19.8 Å². The fraction of sp³-hybridized carbons (Fsp3) is 0.286. The van der Waals surface area contributed by atoms with Crippen LogP contribution < -0.4 is 0 Å². The number of hydrogen-bond acceptors (Lipinski definition) is 6. The van der Waals surface area contributed by atoms with Gasteiger partial charge in [-0.15, -0.1) is 0 Å². The fourth-order valence-corrected chi connectivity index (χ4v) is 3.23. The highest BCUT2D eigenvalue weighted by Crippen LogP contribution is 2.34. The van der Waals surface area contributed by atoms with Crippen LogP contribution in [-0.4, -0.2) is 31.7 Å². The Morgan fingerprint density at radius 1 is 1.50 bits per heavy atom. The number of hydrogen-bond donors (Lipinski definition) is 1. The summed E-state index contributed by atoms with van der Waals surface area (Å²) in [5.41, 5.74) is 0.0703. The predicted molar refractivity (Wildman–Crippen MR) is 89.5 cm³/mol. The van der Waals surface area contributed by atoms with Gasteiger partial charge in [-0.05, 0) is 23.6 Å². The zero-order chi connectivity index (χ0) is 16.4. The number of nitrogens with zero attached hydrogens (tertiary/aromatic N) is 2. The highest BCUT2D eigenvalue weighted by Gasteiger charge is 2.32. The summed E-state index contributed by atoms with van der Waals surface area (Å²) >= 11 is 6.37. The highest BCUT2D eigenvalue weighted by atomic mass is 32.2. The van der Waals surface area contributed by atoms with Crippen molar-refractivity contribution in [1.82, 2.24) is 4.90 Å². The van der Waals surface area contributed by atoms with Crippen LogP contribution in [-0.2, 0) is 4.79 Å². The molecule has 0 radical (unpaired) electrons. The lowest BCUT2D eigenvalue weighted by Crippen LogP contribution is -2.31. The van der Waals surface area contributed by atoms with Crippen molar-refractivity contribution >= 4 is 46.0 Å². The summed E-state index contributed by atoms with van der Waals surface area (Å²) in [4.78, 5) is 24.4. The highest BCUT2D eigenvalue weighted by molar-refractivity contribution is 8.26. The Morgan fingerprint density at radius 3 is 2.77 bits per heavy atom. The molecule has 0 saturated carbocycles. The van der Waals surface area contributed by atoms with Gasteiger partial charge in [-0.2, -0.15) is 0 Å². The molecule has 1 fully saturated rings. The van der Waals surface area contributed by atoms with Crippen molar-refractivity contribution in [3.63, 3.8) is 0 Å². The maximum absolute atomic E-state index is 12.3. The topological polar surface area (TPSA) is 83.7 Å². The van der Waals surface area contributed by atoms with Crippen molar-refractivity contribution in [3.05, 3.63) is 38.8 Å². The maximum Gasteiger partial charge on any atom is 0.311 e. The van der Waals surface area contributed by atoms with Crippen molar-refractivity contribution in [2.75, 3.05) is 6.54 Å². The molecule has 116 valence electrons. The van der Waals surface area contributed by atoms with E-state index in [-0.39, 0.29) is 11.8 Å². The number of thiocarbonyl (C=S) groups is 1. The first-order valence-corrected chi connectivity index (χ1v) is 7.75. The summed E-state index contributed by atoms with van der Waals surface area (Å²) in [6.07, 6.45) is 1.55. The predicted octanol–water partition coefficient (Wildman–Crippen LogP) is 3.16. The monoisotopic (exact) mass is 338 g/mol. The Bertz CT molecular complexity index is 685. The number of thioether (sulfide) groups is 1. The molecule has 0 aromatic heterocycles. The number of phenols is 1. The number of carbonyl (C=O) groups is 1. The first kappa shape index (κ1) is 16.4. The molecule has 8 heteroatoms. The minimum atomic E-state index is -0.670. The molecule has 1 N–H and O–H groups in total. The van der Waals surface area contributed by atoms with Crippen LogP contribution >= 0.6 is 24.0 Å². The van der Waals surface area contributed by atoms with Gasteiger partial charge in [0.05, 0.1) is 9.83 Å². The lowest BCUT2D eigenvalue weighted by molar-refractivity contribution is -0.385. The van der Waals surface area contributed by atoms with Crippen molar-refractivity contribution in [1.29, 1.82) is 0 Å². The van der Waals surface area contributed by atoms with E-state index in [4.69, 9.17) is 12.2 Å². The van der Waals surface area contributed by atoms with Gasteiger partial charge in [0.1, 0.15) is 4.32 Å². The Morgan fingerprint density at radius 2 is 2.18 bits per heavy atom. The van der Waals surface area contributed by atoms with Gasteiger partial charge >= 0.3 is 5.69 Å². The SMILES string of the molecule is CC(C)CN1C(=O)/C(=C/c2ccc(O)c([N+](=O)[O-])c2)SC1=S. The van der Waals surface area contributed by atoms with Crippen molar-refractivity contribution in [2.24, 2.45) is 5.92 Å². The first-order chi connectivity index (χ1) is 10.3. The zero-order valence-electron chi connectivity index (χ0n) is 12.0. The zero-order valence-corrected chi connectivity index (χ0v) is 13.6. The van der Waals surface area contributed by atoms with Crippen molar-refractivity contribution in [3.8, 4) is 5.75 Å². The molecule has 1 aliphatic heterocycles. The summed E-state index contributed by atoms with van der Waals surface area (Å²) in [5.74, 6) is -0.314. The molecule has 1 aromatic rings. The summed E-state index contributed by atoms with van der Waals surface area (Å²) in [5, 5.41) is 20.3. The Balaban J connectivity index is 2.31. The minimum Gasteiger partial charge on any atom is -0.502 e. The number of nitro groups is 1. The normalized spacial score (nSPS) is 16.9. The molecule has 1 aliphatic rings. The third kappa shape index (κ3) is 3.45. The molecule has 1 aromatic carbocycles. The largest absolute Gasteiger partial charge is 0.502 e. The van der Waals surface area contributed by atoms with Gasteiger partial charge in [-0.1, -0.05) is 43.9 Å². The molecule has 22 heavy (non-hydrogen) atoms. The lowest BCUT2D eigenvalue weighted by Gasteiger charge is -2.16. The van der Waals surface area contributed by atoms with E-state index in [1.807, 2.05) is 13.8 Å². The van der Waals surface area contributed by atoms with Crippen LogP contribution in [0.1, 0.15) is 19.4 Å². The second-order valence-electron chi connectivity index (χ2n) is 5.19. The van der Waals surface area contributed by atoms with E-state index < -0.39 is 16.4 Å². The minimum absolute atomic E-state index is 0.195. The second kappa shape index (κ2) is 6.45. The van der Waals surface area contributed by atoms with E-state index in [0.29, 0.717) is 21.3 Å². The van der Waals surface area contributed by atoms with Gasteiger partial charge in [0.25, 0.3) is 5.91 Å². The van der Waals surface area contributed by atoms with E-state index in [0.717, 1.165) is 0 Å². The quantitative estimate of drug-likeness (QED) is 0.393. The van der Waals surface area contributed by atoms with E-state index >= 15 is 0 Å². The number of benzene rings is 1. The number of rotatable bonds is 4. The summed E-state index contributed by atoms with van der Waals surface area (Å²) in [6, 6.07) is 3.97. The molecule has 1 heterocycles. The number of carbonyl (C=O) groups excluding carboxylic acids is 1. The lowest BCUT2D eigenvalue weighted by atomic mass is 10.1. The van der Waals surface area contributed by atoms with Crippen LogP contribution in [0.3, 0.4) is 0 Å². The number of phenolic OH excluding ortho intramolecular Hbond substituents is 1. The van der Waals surface area contributed by atoms with Crippen LogP contribution in [0.4, 0.5) is 5.69 Å². The van der Waals surface area contributed by atoms with E-state index in [9.17, 15) is 20.0 Å². The smallest absolute Gasteiger partial charge is 0.311 e. The Hall–Kier alpha value is -1.93. The molecule has 0 spiro atoms. The fourth-order valence-electron chi connectivity index (χ4n) is 1.95. The van der Waals surface area contributed by atoms with Gasteiger partial charge < -0.3 is 5.11 Å². The molecule has 0 bridgehead atoms. The molecule has 0 atom stereocenters. The number of aromatic hydroxyl groups is 1. The summed E-state index contributed by atoms with van der Waals surface area (Å²) in [7, 11) is 0. The summed E-state index contributed by atoms with van der Waals surface area (Å²) in [6.45, 7) is 4.52. The summed E-state index contributed by atoms with van der Waals surface area (Å²) < 4.78 is 0.484. The van der Waals surface area contributed by atoms with Crippen LogP contribution in [0, 0.1) is 16.0 Å². The van der Waals surface area contributed by atoms with E-state index in [1.165, 1.54) is 34.9 Å². The Labute approximate surface area is 137 Å². The molecule has 1 saturated heterocycles. The van der Waals surface area contributed by atoms with E-state index in [1.54, 1.807) is 6.08 Å². The average molecular weight is 338 g/mol. The maximum atomic E-state index is 12.3. The van der Waals surface area contributed by atoms with E-state index in [2.05, 4.69) is 0 Å². The standard InChI is InChI=1S/C14H14N2O4S2/c1-8(2)7-15-13(18)12(22-14(15)21)6-9-3-4-11(17)10(5-9)16(19)20/h3-6,8,17H,7H2,1-2H3/b12-6-. The molecular weight excluding hydrogens is 324 g/mol. The average Bonchev–Trinajstić information content (AvgIpc) is 2.68.